The Balaban J connectivity index is 0.00000144. The van der Waals surface area contributed by atoms with Crippen molar-refractivity contribution in [2.75, 3.05) is 49.2 Å². The zero-order chi connectivity index (χ0) is 16.1. The Bertz CT molecular complexity index is 580. The van der Waals surface area contributed by atoms with Crippen molar-refractivity contribution in [2.45, 2.75) is 24.3 Å². The first-order chi connectivity index (χ1) is 10.2. The second-order valence-corrected chi connectivity index (χ2v) is 10.8. The molecule has 0 spiro atoms. The molecule has 3 heterocycles. The summed E-state index contributed by atoms with van der Waals surface area (Å²) >= 11 is 0. The molecule has 0 aromatic heterocycles. The third-order valence-electron chi connectivity index (χ3n) is 4.87. The molecule has 144 valence electrons. The van der Waals surface area contributed by atoms with Crippen LogP contribution in [0.4, 0.5) is 0 Å². The maximum absolute atomic E-state index is 11.6. The van der Waals surface area contributed by atoms with Gasteiger partial charge in [0.25, 0.3) is 0 Å². The van der Waals surface area contributed by atoms with Crippen LogP contribution in [0.3, 0.4) is 0 Å². The van der Waals surface area contributed by atoms with E-state index in [1.807, 2.05) is 9.80 Å². The van der Waals surface area contributed by atoms with Gasteiger partial charge in [0.15, 0.2) is 19.7 Å². The minimum Gasteiger partial charge on any atom is -0.390 e. The largest absolute Gasteiger partial charge is 0.390 e. The normalized spacial score (nSPS) is 39.1. The van der Waals surface area contributed by atoms with Crippen LogP contribution in [-0.4, -0.2) is 110 Å². The van der Waals surface area contributed by atoms with Crippen molar-refractivity contribution in [1.29, 1.82) is 0 Å². The van der Waals surface area contributed by atoms with Crippen LogP contribution in [0.25, 0.3) is 0 Å². The van der Waals surface area contributed by atoms with Crippen LogP contribution in [-0.2, 0) is 19.7 Å². The van der Waals surface area contributed by atoms with E-state index >= 15 is 0 Å². The average Bonchev–Trinajstić information content (AvgIpc) is 2.84. The van der Waals surface area contributed by atoms with Gasteiger partial charge in [0.05, 0.1) is 47.3 Å². The van der Waals surface area contributed by atoms with Gasteiger partial charge in [-0.25, -0.2) is 16.8 Å². The second kappa shape index (κ2) is 7.91. The third-order valence-corrected chi connectivity index (χ3v) is 8.27. The van der Waals surface area contributed by atoms with Crippen LogP contribution in [0.1, 0.15) is 0 Å². The number of nitrogens with zero attached hydrogens (tertiary/aromatic N) is 2. The molecular weight excluding hydrogens is 403 g/mol. The molecule has 0 amide bonds. The van der Waals surface area contributed by atoms with E-state index in [0.29, 0.717) is 26.2 Å². The number of sulfone groups is 2. The topological polar surface area (TPSA) is 115 Å². The van der Waals surface area contributed by atoms with Crippen LogP contribution < -0.4 is 0 Å². The number of hydrogen-bond acceptors (Lipinski definition) is 8. The summed E-state index contributed by atoms with van der Waals surface area (Å²) in [5, 5.41) is 19.8. The predicted molar refractivity (Wildman–Crippen MR) is 94.5 cm³/mol. The Kier molecular flexibility index (Phi) is 7.37. The van der Waals surface area contributed by atoms with E-state index in [9.17, 15) is 27.0 Å². The van der Waals surface area contributed by atoms with Crippen LogP contribution in [0.15, 0.2) is 0 Å². The van der Waals surface area contributed by atoms with Gasteiger partial charge in [0.1, 0.15) is 0 Å². The lowest BCUT2D eigenvalue weighted by Crippen LogP contribution is -2.57. The van der Waals surface area contributed by atoms with E-state index < -0.39 is 31.9 Å². The first-order valence-corrected chi connectivity index (χ1v) is 11.1. The van der Waals surface area contributed by atoms with Gasteiger partial charge in [-0.2, -0.15) is 0 Å². The van der Waals surface area contributed by atoms with Gasteiger partial charge >= 0.3 is 0 Å². The highest BCUT2D eigenvalue weighted by Gasteiger charge is 2.44. The molecule has 4 unspecified atom stereocenters. The van der Waals surface area contributed by atoms with E-state index in [0.717, 1.165) is 0 Å². The van der Waals surface area contributed by atoms with E-state index in [-0.39, 0.29) is 59.9 Å². The molecule has 0 aromatic rings. The highest BCUT2D eigenvalue weighted by atomic mass is 35.5. The molecule has 0 saturated carbocycles. The molecule has 24 heavy (non-hydrogen) atoms. The Morgan fingerprint density at radius 2 is 0.917 bits per heavy atom. The van der Waals surface area contributed by atoms with Crippen molar-refractivity contribution < 1.29 is 27.0 Å². The third kappa shape index (κ3) is 4.73. The van der Waals surface area contributed by atoms with Crippen molar-refractivity contribution in [3.8, 4) is 0 Å². The molecule has 0 radical (unpaired) electrons. The van der Waals surface area contributed by atoms with Gasteiger partial charge in [-0.15, -0.1) is 24.8 Å². The summed E-state index contributed by atoms with van der Waals surface area (Å²) < 4.78 is 46.3. The molecule has 0 bridgehead atoms. The van der Waals surface area contributed by atoms with Crippen LogP contribution in [0.5, 0.6) is 0 Å². The van der Waals surface area contributed by atoms with Gasteiger partial charge in [-0.05, 0) is 0 Å². The SMILES string of the molecule is Cl.Cl.O=S1(=O)CC(O)C(N2CCN(C3CS(=O)(=O)CC3O)CC2)C1. The first-order valence-electron chi connectivity index (χ1n) is 7.42. The fourth-order valence-electron chi connectivity index (χ4n) is 3.72. The van der Waals surface area contributed by atoms with Crippen LogP contribution >= 0.6 is 24.8 Å². The molecule has 3 fully saturated rings. The highest BCUT2D eigenvalue weighted by molar-refractivity contribution is 7.92. The molecule has 3 saturated heterocycles. The minimum absolute atomic E-state index is 0. The molecule has 3 aliphatic rings. The summed E-state index contributed by atoms with van der Waals surface area (Å²) in [5.74, 6) is -0.405. The summed E-state index contributed by atoms with van der Waals surface area (Å²) in [5.41, 5.74) is 0. The molecule has 12 heteroatoms. The standard InChI is InChI=1S/C12H22N2O6S2.2ClH/c15-11-7-21(17,18)5-9(11)13-1-2-14(4-3-13)10-6-22(19,20)8-12(10)16;;/h9-12,15-16H,1-8H2;2*1H. The number of hydrogen-bond donors (Lipinski definition) is 2. The maximum atomic E-state index is 11.6. The summed E-state index contributed by atoms with van der Waals surface area (Å²) in [6, 6.07) is -0.742. The van der Waals surface area contributed by atoms with E-state index in [1.165, 1.54) is 0 Å². The highest BCUT2D eigenvalue weighted by Crippen LogP contribution is 2.23. The Morgan fingerprint density at radius 1 is 0.625 bits per heavy atom. The lowest BCUT2D eigenvalue weighted by Gasteiger charge is -2.41. The van der Waals surface area contributed by atoms with Gasteiger partial charge in [-0.1, -0.05) is 0 Å². The number of halogens is 2. The first kappa shape index (κ1) is 22.4. The van der Waals surface area contributed by atoms with Crippen molar-refractivity contribution in [3.05, 3.63) is 0 Å². The van der Waals surface area contributed by atoms with Crippen molar-refractivity contribution in [2.24, 2.45) is 0 Å². The molecule has 4 atom stereocenters. The molecule has 8 nitrogen and oxygen atoms in total. The minimum atomic E-state index is -3.17. The fourth-order valence-corrected chi connectivity index (χ4v) is 7.38. The predicted octanol–water partition coefficient (Wildman–Crippen LogP) is -2.24. The molecular formula is C12H24Cl2N2O6S2. The zero-order valence-electron chi connectivity index (χ0n) is 13.0. The van der Waals surface area contributed by atoms with Gasteiger partial charge < -0.3 is 10.2 Å². The van der Waals surface area contributed by atoms with Gasteiger partial charge in [0.2, 0.25) is 0 Å². The summed E-state index contributed by atoms with van der Waals surface area (Å²) in [6.45, 7) is 2.28. The molecule has 0 aromatic carbocycles. The smallest absolute Gasteiger partial charge is 0.154 e. The van der Waals surface area contributed by atoms with Crippen molar-refractivity contribution in [3.63, 3.8) is 0 Å². The molecule has 3 rings (SSSR count). The van der Waals surface area contributed by atoms with E-state index in [1.54, 1.807) is 0 Å². The zero-order valence-corrected chi connectivity index (χ0v) is 16.3. The van der Waals surface area contributed by atoms with E-state index in [4.69, 9.17) is 0 Å². The number of rotatable bonds is 2. The van der Waals surface area contributed by atoms with Gasteiger partial charge in [-0.3, -0.25) is 9.80 Å². The Labute approximate surface area is 154 Å². The fraction of sp³-hybridized carbons (Fsp3) is 1.00. The van der Waals surface area contributed by atoms with Crippen LogP contribution in [0.2, 0.25) is 0 Å². The van der Waals surface area contributed by atoms with E-state index in [2.05, 4.69) is 0 Å². The summed E-state index contributed by atoms with van der Waals surface area (Å²) in [6.07, 6.45) is -1.71. The monoisotopic (exact) mass is 426 g/mol. The maximum Gasteiger partial charge on any atom is 0.154 e. The lowest BCUT2D eigenvalue weighted by molar-refractivity contribution is 0.0114. The molecule has 0 aliphatic carbocycles. The Hall–Kier alpha value is 0.320. The number of aliphatic hydroxyl groups is 2. The molecule has 2 N–H and O–H groups in total. The van der Waals surface area contributed by atoms with Crippen LogP contribution in [0, 0.1) is 0 Å². The number of piperazine rings is 1. The quantitative estimate of drug-likeness (QED) is 0.509. The lowest BCUT2D eigenvalue weighted by atomic mass is 10.1. The summed E-state index contributed by atoms with van der Waals surface area (Å²) in [4.78, 5) is 3.92. The van der Waals surface area contributed by atoms with Gasteiger partial charge in [0, 0.05) is 26.2 Å². The number of aliphatic hydroxyl groups excluding tert-OH is 2. The average molecular weight is 427 g/mol. The summed E-state index contributed by atoms with van der Waals surface area (Å²) in [7, 11) is -6.34. The molecule has 3 aliphatic heterocycles. The Morgan fingerprint density at radius 3 is 1.12 bits per heavy atom. The second-order valence-electron chi connectivity index (χ2n) is 6.50. The van der Waals surface area contributed by atoms with Crippen molar-refractivity contribution in [1.82, 2.24) is 9.80 Å². The van der Waals surface area contributed by atoms with Crippen molar-refractivity contribution >= 4 is 44.5 Å².